The van der Waals surface area contributed by atoms with Gasteiger partial charge in [-0.1, -0.05) is 30.3 Å². The molecule has 108 valence electrons. The van der Waals surface area contributed by atoms with Crippen molar-refractivity contribution in [3.05, 3.63) is 65.5 Å². The van der Waals surface area contributed by atoms with Gasteiger partial charge in [-0.2, -0.15) is 5.10 Å². The Morgan fingerprint density at radius 1 is 1.24 bits per heavy atom. The number of rotatable bonds is 5. The van der Waals surface area contributed by atoms with Gasteiger partial charge in [-0.05, 0) is 23.8 Å². The lowest BCUT2D eigenvalue weighted by atomic mass is 10.1. The highest BCUT2D eigenvalue weighted by Crippen LogP contribution is 2.11. The van der Waals surface area contributed by atoms with Crippen molar-refractivity contribution in [3.8, 4) is 5.75 Å². The number of carbonyl (C=O) groups excluding carboxylic acids is 1. The number of methoxy groups -OCH3 is 1. The largest absolute Gasteiger partial charge is 0.497 e. The monoisotopic (exact) mass is 286 g/mol. The molecule has 0 radical (unpaired) electrons. The maximum absolute atomic E-state index is 13.3. The summed E-state index contributed by atoms with van der Waals surface area (Å²) in [6.07, 6.45) is 1.47. The molecule has 0 fully saturated rings. The van der Waals surface area contributed by atoms with Crippen LogP contribution in [-0.4, -0.2) is 19.2 Å². The van der Waals surface area contributed by atoms with Gasteiger partial charge in [0, 0.05) is 5.56 Å². The first-order valence-corrected chi connectivity index (χ1v) is 6.38. The highest BCUT2D eigenvalue weighted by atomic mass is 19.1. The van der Waals surface area contributed by atoms with Crippen molar-refractivity contribution in [2.45, 2.75) is 6.42 Å². The van der Waals surface area contributed by atoms with Crippen LogP contribution in [0.15, 0.2) is 53.6 Å². The minimum atomic E-state index is -0.384. The van der Waals surface area contributed by atoms with E-state index >= 15 is 0 Å². The molecule has 4 nitrogen and oxygen atoms in total. The molecule has 0 saturated carbocycles. The lowest BCUT2D eigenvalue weighted by Gasteiger charge is -2.02. The third-order valence-corrected chi connectivity index (χ3v) is 2.82. The Bertz CT molecular complexity index is 639. The summed E-state index contributed by atoms with van der Waals surface area (Å²) in [5.74, 6) is 0.0788. The highest BCUT2D eigenvalue weighted by Gasteiger charge is 2.02. The number of amides is 1. The first kappa shape index (κ1) is 14.7. The van der Waals surface area contributed by atoms with Crippen molar-refractivity contribution in [2.75, 3.05) is 7.11 Å². The number of halogens is 1. The highest BCUT2D eigenvalue weighted by molar-refractivity contribution is 5.83. The molecule has 0 atom stereocenters. The third-order valence-electron chi connectivity index (χ3n) is 2.82. The second-order valence-corrected chi connectivity index (χ2v) is 4.34. The van der Waals surface area contributed by atoms with Gasteiger partial charge in [0.05, 0.1) is 19.7 Å². The van der Waals surface area contributed by atoms with Crippen LogP contribution < -0.4 is 10.2 Å². The smallest absolute Gasteiger partial charge is 0.244 e. The van der Waals surface area contributed by atoms with Crippen molar-refractivity contribution >= 4 is 12.1 Å². The van der Waals surface area contributed by atoms with Crippen molar-refractivity contribution in [1.29, 1.82) is 0 Å². The number of carbonyl (C=O) groups is 1. The van der Waals surface area contributed by atoms with E-state index in [2.05, 4.69) is 10.5 Å². The number of ether oxygens (including phenoxy) is 1. The number of nitrogens with zero attached hydrogens (tertiary/aromatic N) is 1. The summed E-state index contributed by atoms with van der Waals surface area (Å²) in [4.78, 5) is 11.7. The van der Waals surface area contributed by atoms with E-state index in [9.17, 15) is 9.18 Å². The molecule has 0 unspecified atom stereocenters. The molecule has 2 aromatic rings. The van der Waals surface area contributed by atoms with E-state index in [0.29, 0.717) is 5.56 Å². The Balaban J connectivity index is 1.88. The second-order valence-electron chi connectivity index (χ2n) is 4.34. The van der Waals surface area contributed by atoms with Crippen LogP contribution in [0.1, 0.15) is 11.1 Å². The summed E-state index contributed by atoms with van der Waals surface area (Å²) >= 11 is 0. The summed E-state index contributed by atoms with van der Waals surface area (Å²) in [7, 11) is 1.58. The molecule has 1 N–H and O–H groups in total. The van der Waals surface area contributed by atoms with E-state index in [1.54, 1.807) is 49.6 Å². The Labute approximate surface area is 122 Å². The average molecular weight is 286 g/mol. The van der Waals surface area contributed by atoms with E-state index in [-0.39, 0.29) is 18.1 Å². The van der Waals surface area contributed by atoms with Crippen LogP contribution in [0.5, 0.6) is 5.75 Å². The quantitative estimate of drug-likeness (QED) is 0.678. The summed E-state index contributed by atoms with van der Waals surface area (Å²) in [5.41, 5.74) is 3.53. The van der Waals surface area contributed by atoms with Crippen LogP contribution in [0.25, 0.3) is 0 Å². The molecule has 0 aliphatic heterocycles. The predicted molar refractivity (Wildman–Crippen MR) is 78.8 cm³/mol. The molecule has 0 spiro atoms. The normalized spacial score (nSPS) is 10.6. The van der Waals surface area contributed by atoms with Gasteiger partial charge in [0.2, 0.25) is 5.91 Å². The molecule has 0 aliphatic carbocycles. The molecule has 5 heteroatoms. The number of nitrogens with one attached hydrogen (secondary N) is 1. The molecule has 0 bridgehead atoms. The fourth-order valence-corrected chi connectivity index (χ4v) is 1.72. The number of hydrogen-bond donors (Lipinski definition) is 1. The van der Waals surface area contributed by atoms with Crippen LogP contribution in [-0.2, 0) is 11.2 Å². The van der Waals surface area contributed by atoms with Crippen LogP contribution in [0, 0.1) is 5.82 Å². The fourth-order valence-electron chi connectivity index (χ4n) is 1.72. The summed E-state index contributed by atoms with van der Waals surface area (Å²) in [6.45, 7) is 0. The van der Waals surface area contributed by atoms with E-state index in [4.69, 9.17) is 4.74 Å². The van der Waals surface area contributed by atoms with Gasteiger partial charge < -0.3 is 4.74 Å². The lowest BCUT2D eigenvalue weighted by molar-refractivity contribution is -0.120. The van der Waals surface area contributed by atoms with E-state index in [0.717, 1.165) is 11.3 Å². The maximum Gasteiger partial charge on any atom is 0.244 e. The molecular formula is C16H15FN2O2. The van der Waals surface area contributed by atoms with E-state index in [1.165, 1.54) is 12.3 Å². The molecule has 2 rings (SSSR count). The van der Waals surface area contributed by atoms with Crippen molar-refractivity contribution in [3.63, 3.8) is 0 Å². The second kappa shape index (κ2) is 7.19. The molecular weight excluding hydrogens is 271 g/mol. The SMILES string of the molecule is COc1ccc(CC(=O)NN=Cc2ccccc2F)cc1. The summed E-state index contributed by atoms with van der Waals surface area (Å²) in [6, 6.07) is 13.4. The summed E-state index contributed by atoms with van der Waals surface area (Å²) < 4.78 is 18.4. The van der Waals surface area contributed by atoms with Crippen molar-refractivity contribution in [2.24, 2.45) is 5.10 Å². The summed E-state index contributed by atoms with van der Waals surface area (Å²) in [5, 5.41) is 3.74. The van der Waals surface area contributed by atoms with Crippen molar-refractivity contribution < 1.29 is 13.9 Å². The maximum atomic E-state index is 13.3. The Hall–Kier alpha value is -2.69. The molecule has 21 heavy (non-hydrogen) atoms. The van der Waals surface area contributed by atoms with Crippen LogP contribution in [0.2, 0.25) is 0 Å². The van der Waals surface area contributed by atoms with Gasteiger partial charge >= 0.3 is 0 Å². The molecule has 0 heterocycles. The zero-order chi connectivity index (χ0) is 15.1. The third kappa shape index (κ3) is 4.42. The van der Waals surface area contributed by atoms with E-state index in [1.807, 2.05) is 0 Å². The first-order valence-electron chi connectivity index (χ1n) is 6.38. The minimum Gasteiger partial charge on any atom is -0.497 e. The van der Waals surface area contributed by atoms with Gasteiger partial charge in [0.1, 0.15) is 11.6 Å². The van der Waals surface area contributed by atoms with Crippen LogP contribution in [0.4, 0.5) is 4.39 Å². The molecule has 1 amide bonds. The molecule has 0 aliphatic rings. The number of hydrazone groups is 1. The van der Waals surface area contributed by atoms with Gasteiger partial charge in [-0.3, -0.25) is 4.79 Å². The van der Waals surface area contributed by atoms with Gasteiger partial charge in [-0.25, -0.2) is 9.82 Å². The minimum absolute atomic E-state index is 0.193. The first-order chi connectivity index (χ1) is 10.2. The number of hydrogen-bond acceptors (Lipinski definition) is 3. The zero-order valence-corrected chi connectivity index (χ0v) is 11.5. The van der Waals surface area contributed by atoms with Crippen LogP contribution >= 0.6 is 0 Å². The topological polar surface area (TPSA) is 50.7 Å². The van der Waals surface area contributed by atoms with Gasteiger partial charge in [0.25, 0.3) is 0 Å². The Kier molecular flexibility index (Phi) is 5.04. The number of benzene rings is 2. The lowest BCUT2D eigenvalue weighted by Crippen LogP contribution is -2.19. The van der Waals surface area contributed by atoms with Gasteiger partial charge in [-0.15, -0.1) is 0 Å². The molecule has 2 aromatic carbocycles. The van der Waals surface area contributed by atoms with Crippen molar-refractivity contribution in [1.82, 2.24) is 5.43 Å². The fraction of sp³-hybridized carbons (Fsp3) is 0.125. The van der Waals surface area contributed by atoms with E-state index < -0.39 is 0 Å². The average Bonchev–Trinajstić information content (AvgIpc) is 2.50. The Morgan fingerprint density at radius 2 is 1.95 bits per heavy atom. The Morgan fingerprint density at radius 3 is 2.62 bits per heavy atom. The standard InChI is InChI=1S/C16H15FN2O2/c1-21-14-8-6-12(7-9-14)10-16(20)19-18-11-13-4-2-3-5-15(13)17/h2-9,11H,10H2,1H3,(H,19,20). The zero-order valence-electron chi connectivity index (χ0n) is 11.5. The molecule has 0 aromatic heterocycles. The van der Waals surface area contributed by atoms with Crippen LogP contribution in [0.3, 0.4) is 0 Å². The van der Waals surface area contributed by atoms with Gasteiger partial charge in [0.15, 0.2) is 0 Å². The predicted octanol–water partition coefficient (Wildman–Crippen LogP) is 2.53. The molecule has 0 saturated heterocycles.